The molecule has 0 N–H and O–H groups in total. The predicted octanol–water partition coefficient (Wildman–Crippen LogP) is 3.99. The number of benzene rings is 1. The Balaban J connectivity index is 3.31. The van der Waals surface area contributed by atoms with Gasteiger partial charge in [0.2, 0.25) is 0 Å². The van der Waals surface area contributed by atoms with E-state index in [0.29, 0.717) is 16.8 Å². The number of hydrogen-bond donors (Lipinski definition) is 0. The Morgan fingerprint density at radius 1 is 1.50 bits per heavy atom. The highest BCUT2D eigenvalue weighted by molar-refractivity contribution is 9.10. The van der Waals surface area contributed by atoms with E-state index in [9.17, 15) is 13.6 Å². The van der Waals surface area contributed by atoms with Gasteiger partial charge in [0, 0.05) is 11.1 Å². The quantitative estimate of drug-likeness (QED) is 0.785. The number of ether oxygens (including phenoxy) is 1. The summed E-state index contributed by atoms with van der Waals surface area (Å²) in [4.78, 5) is 11.2. The molecule has 0 saturated heterocycles. The van der Waals surface area contributed by atoms with E-state index in [1.165, 1.54) is 19.1 Å². The lowest BCUT2D eigenvalue weighted by Crippen LogP contribution is -2.02. The van der Waals surface area contributed by atoms with Crippen LogP contribution in [0.5, 0.6) is 5.75 Å². The van der Waals surface area contributed by atoms with Crippen molar-refractivity contribution in [2.24, 2.45) is 0 Å². The van der Waals surface area contributed by atoms with Crippen LogP contribution in [0.1, 0.15) is 36.2 Å². The van der Waals surface area contributed by atoms with E-state index in [1.807, 2.05) is 0 Å². The van der Waals surface area contributed by atoms with E-state index in [2.05, 4.69) is 15.9 Å². The van der Waals surface area contributed by atoms with Crippen LogP contribution in [0, 0.1) is 0 Å². The van der Waals surface area contributed by atoms with Crippen molar-refractivity contribution in [1.82, 2.24) is 0 Å². The first-order chi connectivity index (χ1) is 7.47. The molecule has 0 atom stereocenters. The van der Waals surface area contributed by atoms with E-state index in [1.54, 1.807) is 6.92 Å². The van der Waals surface area contributed by atoms with Crippen LogP contribution < -0.4 is 4.74 Å². The van der Waals surface area contributed by atoms with Crippen molar-refractivity contribution < 1.29 is 18.3 Å². The fourth-order valence-electron chi connectivity index (χ4n) is 1.32. The Morgan fingerprint density at radius 3 is 2.56 bits per heavy atom. The molecular weight excluding hydrogens is 282 g/mol. The fourth-order valence-corrected chi connectivity index (χ4v) is 1.78. The van der Waals surface area contributed by atoms with Crippen LogP contribution in [0.15, 0.2) is 16.6 Å². The second kappa shape index (κ2) is 5.39. The zero-order valence-corrected chi connectivity index (χ0v) is 10.5. The van der Waals surface area contributed by atoms with E-state index in [-0.39, 0.29) is 16.9 Å². The second-order valence-electron chi connectivity index (χ2n) is 3.16. The van der Waals surface area contributed by atoms with Crippen LogP contribution in [0.3, 0.4) is 0 Å². The summed E-state index contributed by atoms with van der Waals surface area (Å²) < 4.78 is 31.1. The minimum atomic E-state index is -2.69. The van der Waals surface area contributed by atoms with Crippen molar-refractivity contribution in [2.75, 3.05) is 6.61 Å². The summed E-state index contributed by atoms with van der Waals surface area (Å²) in [5.74, 6) is -0.0677. The van der Waals surface area contributed by atoms with Crippen molar-refractivity contribution >= 4 is 21.7 Å². The number of halogens is 3. The molecule has 0 aliphatic heterocycles. The third-order valence-electron chi connectivity index (χ3n) is 2.02. The SMILES string of the molecule is CCOc1cc(C(F)F)c(C(C)=O)cc1Br. The molecular formula is C11H11BrF2O2. The van der Waals surface area contributed by atoms with Crippen LogP contribution in [-0.4, -0.2) is 12.4 Å². The summed E-state index contributed by atoms with van der Waals surface area (Å²) in [7, 11) is 0. The highest BCUT2D eigenvalue weighted by Crippen LogP contribution is 2.33. The monoisotopic (exact) mass is 292 g/mol. The largest absolute Gasteiger partial charge is 0.493 e. The van der Waals surface area contributed by atoms with Crippen molar-refractivity contribution in [3.8, 4) is 5.75 Å². The standard InChI is InChI=1S/C11H11BrF2O2/c1-3-16-10-5-8(11(13)14)7(6(2)15)4-9(10)12/h4-5,11H,3H2,1-2H3. The normalized spacial score (nSPS) is 10.6. The Labute approximate surface area is 101 Å². The molecule has 0 heterocycles. The van der Waals surface area contributed by atoms with Gasteiger partial charge in [-0.2, -0.15) is 0 Å². The zero-order valence-electron chi connectivity index (χ0n) is 8.89. The van der Waals surface area contributed by atoms with E-state index < -0.39 is 6.43 Å². The zero-order chi connectivity index (χ0) is 12.3. The van der Waals surface area contributed by atoms with E-state index >= 15 is 0 Å². The Morgan fingerprint density at radius 2 is 2.12 bits per heavy atom. The van der Waals surface area contributed by atoms with Crippen LogP contribution >= 0.6 is 15.9 Å². The van der Waals surface area contributed by atoms with E-state index in [4.69, 9.17) is 4.74 Å². The molecule has 0 aliphatic rings. The van der Waals surface area contributed by atoms with Gasteiger partial charge >= 0.3 is 0 Å². The maximum atomic E-state index is 12.7. The molecule has 0 spiro atoms. The van der Waals surface area contributed by atoms with Crippen molar-refractivity contribution in [1.29, 1.82) is 0 Å². The molecule has 0 aliphatic carbocycles. The smallest absolute Gasteiger partial charge is 0.264 e. The molecule has 0 radical (unpaired) electrons. The minimum absolute atomic E-state index is 0.0188. The maximum absolute atomic E-state index is 12.7. The Hall–Kier alpha value is -0.970. The van der Waals surface area contributed by atoms with Gasteiger partial charge in [0.25, 0.3) is 6.43 Å². The number of hydrogen-bond acceptors (Lipinski definition) is 2. The summed E-state index contributed by atoms with van der Waals surface area (Å²) in [6, 6.07) is 2.57. The first kappa shape index (κ1) is 13.1. The van der Waals surface area contributed by atoms with Gasteiger partial charge in [0.05, 0.1) is 11.1 Å². The van der Waals surface area contributed by atoms with E-state index in [0.717, 1.165) is 0 Å². The number of rotatable bonds is 4. The van der Waals surface area contributed by atoms with Gasteiger partial charge in [-0.05, 0) is 41.9 Å². The Kier molecular flexibility index (Phi) is 4.41. The molecule has 2 nitrogen and oxygen atoms in total. The third kappa shape index (κ3) is 2.78. The van der Waals surface area contributed by atoms with Crippen LogP contribution in [0.2, 0.25) is 0 Å². The highest BCUT2D eigenvalue weighted by Gasteiger charge is 2.19. The van der Waals surface area contributed by atoms with Gasteiger partial charge in [-0.3, -0.25) is 4.79 Å². The molecule has 0 unspecified atom stereocenters. The first-order valence-electron chi connectivity index (χ1n) is 4.72. The molecule has 0 bridgehead atoms. The van der Waals surface area contributed by atoms with Gasteiger partial charge in [-0.15, -0.1) is 0 Å². The molecule has 0 aromatic heterocycles. The Bertz CT molecular complexity index is 405. The second-order valence-corrected chi connectivity index (χ2v) is 4.01. The maximum Gasteiger partial charge on any atom is 0.264 e. The van der Waals surface area contributed by atoms with Crippen molar-refractivity contribution in [2.45, 2.75) is 20.3 Å². The van der Waals surface area contributed by atoms with Gasteiger partial charge < -0.3 is 4.74 Å². The van der Waals surface area contributed by atoms with Gasteiger partial charge in [-0.25, -0.2) is 8.78 Å². The lowest BCUT2D eigenvalue weighted by Gasteiger charge is -2.11. The average Bonchev–Trinajstić information content (AvgIpc) is 2.20. The summed E-state index contributed by atoms with van der Waals surface area (Å²) in [5.41, 5.74) is -0.274. The highest BCUT2D eigenvalue weighted by atomic mass is 79.9. The number of carbonyl (C=O) groups excluding carboxylic acids is 1. The molecule has 1 rings (SSSR count). The number of carbonyl (C=O) groups is 1. The molecule has 1 aromatic rings. The molecule has 88 valence electrons. The molecule has 1 aromatic carbocycles. The average molecular weight is 293 g/mol. The lowest BCUT2D eigenvalue weighted by molar-refractivity contribution is 0.0998. The summed E-state index contributed by atoms with van der Waals surface area (Å²) in [5, 5.41) is 0. The summed E-state index contributed by atoms with van der Waals surface area (Å²) in [6.07, 6.45) is -2.69. The molecule has 16 heavy (non-hydrogen) atoms. The summed E-state index contributed by atoms with van der Waals surface area (Å²) >= 11 is 3.18. The number of ketones is 1. The van der Waals surface area contributed by atoms with Crippen molar-refractivity contribution in [3.63, 3.8) is 0 Å². The third-order valence-corrected chi connectivity index (χ3v) is 2.64. The molecule has 0 fully saturated rings. The minimum Gasteiger partial charge on any atom is -0.493 e. The van der Waals surface area contributed by atoms with Crippen molar-refractivity contribution in [3.05, 3.63) is 27.7 Å². The number of alkyl halides is 2. The predicted molar refractivity (Wildman–Crippen MR) is 60.3 cm³/mol. The number of Topliss-reactive ketones (excluding diaryl/α,β-unsaturated/α-hetero) is 1. The fraction of sp³-hybridized carbons (Fsp3) is 0.364. The molecule has 5 heteroatoms. The molecule has 0 amide bonds. The molecule has 0 saturated carbocycles. The van der Waals surface area contributed by atoms with Crippen LogP contribution in [0.4, 0.5) is 8.78 Å². The lowest BCUT2D eigenvalue weighted by atomic mass is 10.0. The van der Waals surface area contributed by atoms with Gasteiger partial charge in [0.15, 0.2) is 5.78 Å². The van der Waals surface area contributed by atoms with Crippen LogP contribution in [0.25, 0.3) is 0 Å². The summed E-state index contributed by atoms with van der Waals surface area (Å²) in [6.45, 7) is 3.39. The first-order valence-corrected chi connectivity index (χ1v) is 5.52. The topological polar surface area (TPSA) is 26.3 Å². The van der Waals surface area contributed by atoms with Gasteiger partial charge in [0.1, 0.15) is 5.75 Å². The van der Waals surface area contributed by atoms with Crippen LogP contribution in [-0.2, 0) is 0 Å². The van der Waals surface area contributed by atoms with Gasteiger partial charge in [-0.1, -0.05) is 0 Å².